The summed E-state index contributed by atoms with van der Waals surface area (Å²) in [6.07, 6.45) is 2.35. The number of hydrogen-bond acceptors (Lipinski definition) is 1. The van der Waals surface area contributed by atoms with Gasteiger partial charge in [-0.3, -0.25) is 4.79 Å². The minimum Gasteiger partial charge on any atom is -0.361 e. The van der Waals surface area contributed by atoms with Gasteiger partial charge in [-0.2, -0.15) is 0 Å². The van der Waals surface area contributed by atoms with Gasteiger partial charge >= 0.3 is 0 Å². The maximum absolute atomic E-state index is 12.8. The van der Waals surface area contributed by atoms with Gasteiger partial charge in [0.1, 0.15) is 0 Å². The molecule has 0 saturated carbocycles. The highest BCUT2D eigenvalue weighted by Crippen LogP contribution is 2.23. The van der Waals surface area contributed by atoms with Crippen LogP contribution in [0.3, 0.4) is 0 Å². The van der Waals surface area contributed by atoms with Crippen molar-refractivity contribution in [3.8, 4) is 0 Å². The number of aromatic nitrogens is 1. The van der Waals surface area contributed by atoms with Crippen molar-refractivity contribution in [2.75, 3.05) is 0 Å². The van der Waals surface area contributed by atoms with Crippen molar-refractivity contribution in [2.24, 2.45) is 0 Å². The van der Waals surface area contributed by atoms with Crippen LogP contribution in [0.1, 0.15) is 15.9 Å². The number of H-pyrrole nitrogens is 1. The van der Waals surface area contributed by atoms with E-state index in [2.05, 4.69) is 11.1 Å². The standard InChI is InChI=1S/C20H15NO/c22-20(12-15-13-21-19-11-4-3-9-17(15)19)18-10-5-7-14-6-1-2-8-16(14)18/h1-11,13,21H,12H2. The molecule has 22 heavy (non-hydrogen) atoms. The van der Waals surface area contributed by atoms with Crippen LogP contribution in [0.5, 0.6) is 0 Å². The first-order chi connectivity index (χ1) is 10.8. The summed E-state index contributed by atoms with van der Waals surface area (Å²) in [5, 5.41) is 3.25. The Kier molecular flexibility index (Phi) is 3.01. The molecule has 106 valence electrons. The molecule has 0 fully saturated rings. The van der Waals surface area contributed by atoms with Crippen LogP contribution in [-0.4, -0.2) is 10.8 Å². The maximum Gasteiger partial charge on any atom is 0.167 e. The third kappa shape index (κ3) is 2.09. The number of carbonyl (C=O) groups is 1. The Morgan fingerprint density at radius 3 is 2.45 bits per heavy atom. The number of benzene rings is 3. The monoisotopic (exact) mass is 285 g/mol. The van der Waals surface area contributed by atoms with Crippen molar-refractivity contribution in [1.82, 2.24) is 4.98 Å². The van der Waals surface area contributed by atoms with Gasteiger partial charge in [-0.05, 0) is 22.4 Å². The quantitative estimate of drug-likeness (QED) is 0.541. The number of nitrogens with one attached hydrogen (secondary N) is 1. The number of ketones is 1. The normalized spacial score (nSPS) is 11.1. The van der Waals surface area contributed by atoms with E-state index in [9.17, 15) is 4.79 Å². The molecule has 0 amide bonds. The average Bonchev–Trinajstić information content (AvgIpc) is 2.97. The lowest BCUT2D eigenvalue weighted by Gasteiger charge is -2.05. The van der Waals surface area contributed by atoms with E-state index in [1.807, 2.05) is 66.9 Å². The first kappa shape index (κ1) is 12.8. The fourth-order valence-electron chi connectivity index (χ4n) is 3.01. The SMILES string of the molecule is O=C(Cc1c[nH]c2ccccc12)c1cccc2ccccc12. The molecule has 2 heteroatoms. The van der Waals surface area contributed by atoms with Crippen LogP contribution in [0.2, 0.25) is 0 Å². The summed E-state index contributed by atoms with van der Waals surface area (Å²) in [5.41, 5.74) is 2.92. The second kappa shape index (κ2) is 5.15. The zero-order chi connectivity index (χ0) is 14.9. The van der Waals surface area contributed by atoms with Crippen molar-refractivity contribution in [3.63, 3.8) is 0 Å². The van der Waals surface area contributed by atoms with E-state index in [0.29, 0.717) is 6.42 Å². The van der Waals surface area contributed by atoms with Crippen molar-refractivity contribution in [2.45, 2.75) is 6.42 Å². The molecule has 0 saturated heterocycles. The predicted octanol–water partition coefficient (Wildman–Crippen LogP) is 4.75. The molecule has 0 radical (unpaired) electrons. The van der Waals surface area contributed by atoms with E-state index >= 15 is 0 Å². The number of aromatic amines is 1. The molecule has 1 N–H and O–H groups in total. The molecule has 0 spiro atoms. The Bertz CT molecular complexity index is 976. The highest BCUT2D eigenvalue weighted by molar-refractivity contribution is 6.09. The third-order valence-electron chi connectivity index (χ3n) is 4.12. The van der Waals surface area contributed by atoms with Gasteiger partial charge in [0.2, 0.25) is 0 Å². The number of fused-ring (bicyclic) bond motifs is 2. The summed E-state index contributed by atoms with van der Waals surface area (Å²) in [7, 11) is 0. The highest BCUT2D eigenvalue weighted by atomic mass is 16.1. The lowest BCUT2D eigenvalue weighted by Crippen LogP contribution is -2.03. The lowest BCUT2D eigenvalue weighted by molar-refractivity contribution is 0.0995. The van der Waals surface area contributed by atoms with E-state index in [1.165, 1.54) is 0 Å². The van der Waals surface area contributed by atoms with E-state index in [-0.39, 0.29) is 5.78 Å². The fraction of sp³-hybridized carbons (Fsp3) is 0.0500. The Balaban J connectivity index is 1.75. The summed E-state index contributed by atoms with van der Waals surface area (Å²) >= 11 is 0. The average molecular weight is 285 g/mol. The van der Waals surface area contributed by atoms with Gasteiger partial charge in [0.15, 0.2) is 5.78 Å². The Morgan fingerprint density at radius 2 is 1.55 bits per heavy atom. The summed E-state index contributed by atoms with van der Waals surface area (Å²) in [6.45, 7) is 0. The van der Waals surface area contributed by atoms with Gasteiger partial charge in [0.25, 0.3) is 0 Å². The van der Waals surface area contributed by atoms with Crippen LogP contribution in [0.4, 0.5) is 0 Å². The van der Waals surface area contributed by atoms with Crippen LogP contribution in [0, 0.1) is 0 Å². The van der Waals surface area contributed by atoms with Crippen LogP contribution >= 0.6 is 0 Å². The van der Waals surface area contributed by atoms with E-state index in [4.69, 9.17) is 0 Å². The van der Waals surface area contributed by atoms with Crippen LogP contribution in [0.15, 0.2) is 72.9 Å². The van der Waals surface area contributed by atoms with E-state index < -0.39 is 0 Å². The first-order valence-electron chi connectivity index (χ1n) is 7.39. The number of rotatable bonds is 3. The largest absolute Gasteiger partial charge is 0.361 e. The number of carbonyl (C=O) groups excluding carboxylic acids is 1. The summed E-state index contributed by atoms with van der Waals surface area (Å²) in [4.78, 5) is 16.0. The number of para-hydroxylation sites is 1. The number of hydrogen-bond donors (Lipinski definition) is 1. The van der Waals surface area contributed by atoms with Gasteiger partial charge in [-0.25, -0.2) is 0 Å². The van der Waals surface area contributed by atoms with Crippen molar-refractivity contribution < 1.29 is 4.79 Å². The zero-order valence-corrected chi connectivity index (χ0v) is 12.0. The topological polar surface area (TPSA) is 32.9 Å². The zero-order valence-electron chi connectivity index (χ0n) is 12.0. The third-order valence-corrected chi connectivity index (χ3v) is 4.12. The van der Waals surface area contributed by atoms with Crippen LogP contribution in [0.25, 0.3) is 21.7 Å². The molecule has 3 aromatic carbocycles. The summed E-state index contributed by atoms with van der Waals surface area (Å²) in [6, 6.07) is 22.0. The molecule has 0 bridgehead atoms. The van der Waals surface area contributed by atoms with Gasteiger partial charge in [0.05, 0.1) is 0 Å². The van der Waals surface area contributed by atoms with Crippen molar-refractivity contribution in [1.29, 1.82) is 0 Å². The molecular weight excluding hydrogens is 270 g/mol. The molecule has 0 atom stereocenters. The fourth-order valence-corrected chi connectivity index (χ4v) is 3.01. The van der Waals surface area contributed by atoms with Crippen molar-refractivity contribution in [3.05, 3.63) is 84.1 Å². The summed E-state index contributed by atoms with van der Waals surface area (Å²) < 4.78 is 0. The maximum atomic E-state index is 12.8. The lowest BCUT2D eigenvalue weighted by atomic mass is 9.97. The number of Topliss-reactive ketones (excluding diaryl/α,β-unsaturated/α-hetero) is 1. The molecule has 1 heterocycles. The predicted molar refractivity (Wildman–Crippen MR) is 90.3 cm³/mol. The van der Waals surface area contributed by atoms with Gasteiger partial charge in [-0.15, -0.1) is 0 Å². The second-order valence-electron chi connectivity index (χ2n) is 5.49. The minimum absolute atomic E-state index is 0.154. The highest BCUT2D eigenvalue weighted by Gasteiger charge is 2.13. The van der Waals surface area contributed by atoms with Gasteiger partial charge in [-0.1, -0.05) is 60.7 Å². The molecule has 4 rings (SSSR count). The molecule has 1 aromatic heterocycles. The molecule has 0 aliphatic heterocycles. The molecule has 0 aliphatic carbocycles. The van der Waals surface area contributed by atoms with E-state index in [0.717, 1.165) is 32.8 Å². The molecular formula is C20H15NO. The molecule has 2 nitrogen and oxygen atoms in total. The second-order valence-corrected chi connectivity index (χ2v) is 5.49. The minimum atomic E-state index is 0.154. The summed E-state index contributed by atoms with van der Waals surface area (Å²) in [5.74, 6) is 0.154. The Hall–Kier alpha value is -2.87. The van der Waals surface area contributed by atoms with Gasteiger partial charge in [0, 0.05) is 29.1 Å². The molecule has 0 aliphatic rings. The van der Waals surface area contributed by atoms with Crippen molar-refractivity contribution >= 4 is 27.5 Å². The first-order valence-corrected chi connectivity index (χ1v) is 7.39. The van der Waals surface area contributed by atoms with Crippen LogP contribution < -0.4 is 0 Å². The van der Waals surface area contributed by atoms with Crippen LogP contribution in [-0.2, 0) is 6.42 Å². The Labute approximate surface area is 128 Å². The molecule has 0 unspecified atom stereocenters. The smallest absolute Gasteiger partial charge is 0.167 e. The van der Waals surface area contributed by atoms with Gasteiger partial charge < -0.3 is 4.98 Å². The molecule has 4 aromatic rings. The van der Waals surface area contributed by atoms with E-state index in [1.54, 1.807) is 0 Å². The Morgan fingerprint density at radius 1 is 0.818 bits per heavy atom.